The Morgan fingerprint density at radius 1 is 0.491 bits per heavy atom. The standard InChI is InChI=1S/C47H30BN5/c49-31-32-23-28-43-40(29-32)39-19-8-11-21-42(39)52(43)45-30-46(51-47(50-45)35-26-24-34(25-27-35)33-13-3-1-4-14-33)53-44-22-12-9-18-38(44)37-17-7-10-20-41(37)48(53)36-15-5-2-6-16-36/h1-30H. The van der Waals surface area contributed by atoms with Crippen LogP contribution in [0.1, 0.15) is 5.56 Å². The molecule has 0 aliphatic carbocycles. The molecule has 0 atom stereocenters. The summed E-state index contributed by atoms with van der Waals surface area (Å²) < 4.78 is 2.21. The predicted molar refractivity (Wildman–Crippen MR) is 217 cm³/mol. The molecule has 1 aliphatic rings. The summed E-state index contributed by atoms with van der Waals surface area (Å²) in [6.45, 7) is -0.144. The summed E-state index contributed by atoms with van der Waals surface area (Å²) in [6, 6.07) is 65.6. The van der Waals surface area contributed by atoms with E-state index in [0.717, 1.165) is 61.4 Å². The molecular weight excluding hydrogens is 645 g/mol. The fourth-order valence-electron chi connectivity index (χ4n) is 7.91. The van der Waals surface area contributed by atoms with Crippen LogP contribution in [0.2, 0.25) is 0 Å². The molecule has 3 heterocycles. The van der Waals surface area contributed by atoms with Crippen LogP contribution in [0.4, 0.5) is 11.5 Å². The van der Waals surface area contributed by atoms with Gasteiger partial charge in [0.15, 0.2) is 5.82 Å². The summed E-state index contributed by atoms with van der Waals surface area (Å²) in [7, 11) is 0. The molecule has 6 heteroatoms. The molecule has 0 unspecified atom stereocenters. The molecule has 0 N–H and O–H groups in total. The Balaban J connectivity index is 1.26. The molecule has 0 fully saturated rings. The second-order valence-electron chi connectivity index (χ2n) is 13.3. The topological polar surface area (TPSA) is 57.7 Å². The Morgan fingerprint density at radius 3 is 1.92 bits per heavy atom. The predicted octanol–water partition coefficient (Wildman–Crippen LogP) is 9.70. The van der Waals surface area contributed by atoms with Gasteiger partial charge >= 0.3 is 6.85 Å². The van der Waals surface area contributed by atoms with Gasteiger partial charge < -0.3 is 4.81 Å². The first-order valence-electron chi connectivity index (χ1n) is 17.8. The Bertz CT molecular complexity index is 2860. The van der Waals surface area contributed by atoms with E-state index in [2.05, 4.69) is 167 Å². The fourth-order valence-corrected chi connectivity index (χ4v) is 7.91. The summed E-state index contributed by atoms with van der Waals surface area (Å²) in [6.07, 6.45) is 0. The van der Waals surface area contributed by atoms with Gasteiger partial charge in [0.2, 0.25) is 0 Å². The molecule has 246 valence electrons. The average molecular weight is 676 g/mol. The zero-order valence-electron chi connectivity index (χ0n) is 28.6. The van der Waals surface area contributed by atoms with Gasteiger partial charge in [0.05, 0.1) is 22.7 Å². The monoisotopic (exact) mass is 675 g/mol. The summed E-state index contributed by atoms with van der Waals surface area (Å²) >= 11 is 0. The molecule has 0 amide bonds. The lowest BCUT2D eigenvalue weighted by atomic mass is 9.46. The molecule has 10 rings (SSSR count). The average Bonchev–Trinajstić information content (AvgIpc) is 3.57. The van der Waals surface area contributed by atoms with Gasteiger partial charge in [-0.1, -0.05) is 151 Å². The summed E-state index contributed by atoms with van der Waals surface area (Å²) in [5.41, 5.74) is 11.7. The minimum absolute atomic E-state index is 0.144. The van der Waals surface area contributed by atoms with Gasteiger partial charge in [0, 0.05) is 33.7 Å². The van der Waals surface area contributed by atoms with E-state index in [1.165, 1.54) is 16.5 Å². The highest BCUT2D eigenvalue weighted by Gasteiger charge is 2.38. The van der Waals surface area contributed by atoms with Crippen molar-refractivity contribution in [3.8, 4) is 45.5 Å². The SMILES string of the molecule is N#Cc1ccc2c(c1)c1ccccc1n2-c1cc(N2B(c3ccccc3)c3ccccc3-c3ccccc32)nc(-c2ccc(-c3ccccc3)cc2)n1. The second-order valence-corrected chi connectivity index (χ2v) is 13.3. The number of benzene rings is 7. The van der Waals surface area contributed by atoms with Gasteiger partial charge in [-0.05, 0) is 52.5 Å². The highest BCUT2D eigenvalue weighted by molar-refractivity contribution is 6.90. The van der Waals surface area contributed by atoms with Crippen molar-refractivity contribution >= 4 is 51.1 Å². The maximum absolute atomic E-state index is 9.81. The molecule has 2 aromatic heterocycles. The van der Waals surface area contributed by atoms with Crippen LogP contribution in [0.3, 0.4) is 0 Å². The molecular formula is C47H30BN5. The molecule has 53 heavy (non-hydrogen) atoms. The molecule has 1 aliphatic heterocycles. The molecule has 0 spiro atoms. The van der Waals surface area contributed by atoms with Gasteiger partial charge in [0.1, 0.15) is 11.6 Å². The van der Waals surface area contributed by atoms with E-state index in [-0.39, 0.29) is 6.85 Å². The Hall–Kier alpha value is -7.23. The van der Waals surface area contributed by atoms with Gasteiger partial charge in [-0.15, -0.1) is 0 Å². The smallest absolute Gasteiger partial charge is 0.330 e. The maximum Gasteiger partial charge on any atom is 0.330 e. The quantitative estimate of drug-likeness (QED) is 0.171. The van der Waals surface area contributed by atoms with Crippen molar-refractivity contribution in [1.82, 2.24) is 14.5 Å². The molecule has 0 saturated heterocycles. The first-order chi connectivity index (χ1) is 26.2. The van der Waals surface area contributed by atoms with E-state index < -0.39 is 0 Å². The van der Waals surface area contributed by atoms with Gasteiger partial charge in [-0.25, -0.2) is 9.97 Å². The number of nitrogens with zero attached hydrogens (tertiary/aromatic N) is 5. The Labute approximate surface area is 307 Å². The van der Waals surface area contributed by atoms with Crippen molar-refractivity contribution in [2.75, 3.05) is 4.81 Å². The first kappa shape index (κ1) is 30.6. The van der Waals surface area contributed by atoms with Crippen molar-refractivity contribution in [2.24, 2.45) is 0 Å². The van der Waals surface area contributed by atoms with Gasteiger partial charge in [0.25, 0.3) is 0 Å². The normalized spacial score (nSPS) is 12.1. The van der Waals surface area contributed by atoms with E-state index in [4.69, 9.17) is 9.97 Å². The number of nitriles is 1. The zero-order chi connectivity index (χ0) is 35.3. The van der Waals surface area contributed by atoms with Crippen LogP contribution in [0, 0.1) is 11.3 Å². The zero-order valence-corrected chi connectivity index (χ0v) is 28.6. The molecule has 0 bridgehead atoms. The van der Waals surface area contributed by atoms with E-state index in [0.29, 0.717) is 11.4 Å². The van der Waals surface area contributed by atoms with Crippen LogP contribution >= 0.6 is 0 Å². The van der Waals surface area contributed by atoms with Crippen LogP contribution in [-0.4, -0.2) is 21.4 Å². The van der Waals surface area contributed by atoms with Crippen LogP contribution in [0.15, 0.2) is 182 Å². The number of hydrogen-bond acceptors (Lipinski definition) is 4. The molecule has 0 radical (unpaired) electrons. The third kappa shape index (κ3) is 5.10. The molecule has 7 aromatic carbocycles. The first-order valence-corrected chi connectivity index (χ1v) is 17.8. The Morgan fingerprint density at radius 2 is 1.11 bits per heavy atom. The minimum Gasteiger partial charge on any atom is -0.361 e. The molecule has 9 aromatic rings. The highest BCUT2D eigenvalue weighted by atomic mass is 15.2. The molecule has 0 saturated carbocycles. The highest BCUT2D eigenvalue weighted by Crippen LogP contribution is 2.41. The fraction of sp³-hybridized carbons (Fsp3) is 0. The number of anilines is 2. The van der Waals surface area contributed by atoms with Crippen molar-refractivity contribution in [3.05, 3.63) is 188 Å². The number of aromatic nitrogens is 3. The van der Waals surface area contributed by atoms with Crippen molar-refractivity contribution in [2.45, 2.75) is 0 Å². The lowest BCUT2D eigenvalue weighted by Crippen LogP contribution is -2.57. The van der Waals surface area contributed by atoms with E-state index in [1.54, 1.807) is 0 Å². The lowest BCUT2D eigenvalue weighted by molar-refractivity contribution is 1.04. The number of hydrogen-bond donors (Lipinski definition) is 0. The molecule has 5 nitrogen and oxygen atoms in total. The van der Waals surface area contributed by atoms with Crippen molar-refractivity contribution in [3.63, 3.8) is 0 Å². The van der Waals surface area contributed by atoms with Crippen LogP contribution < -0.4 is 15.7 Å². The third-order valence-electron chi connectivity index (χ3n) is 10.3. The van der Waals surface area contributed by atoms with Crippen LogP contribution in [0.25, 0.3) is 61.3 Å². The van der Waals surface area contributed by atoms with Crippen LogP contribution in [0.5, 0.6) is 0 Å². The summed E-state index contributed by atoms with van der Waals surface area (Å²) in [5, 5.41) is 11.9. The van der Waals surface area contributed by atoms with Crippen molar-refractivity contribution < 1.29 is 0 Å². The van der Waals surface area contributed by atoms with E-state index in [9.17, 15) is 5.26 Å². The van der Waals surface area contributed by atoms with E-state index >= 15 is 0 Å². The summed E-state index contributed by atoms with van der Waals surface area (Å²) in [5.74, 6) is 2.16. The third-order valence-corrected chi connectivity index (χ3v) is 10.3. The van der Waals surface area contributed by atoms with E-state index in [1.807, 2.05) is 30.3 Å². The number of fused-ring (bicyclic) bond motifs is 6. The number of para-hydroxylation sites is 2. The van der Waals surface area contributed by atoms with Crippen LogP contribution in [-0.2, 0) is 0 Å². The Kier molecular flexibility index (Phi) is 7.23. The largest absolute Gasteiger partial charge is 0.361 e. The maximum atomic E-state index is 9.81. The van der Waals surface area contributed by atoms with Gasteiger partial charge in [-0.2, -0.15) is 5.26 Å². The lowest BCUT2D eigenvalue weighted by Gasteiger charge is -2.38. The summed E-state index contributed by atoms with van der Waals surface area (Å²) in [4.78, 5) is 13.2. The second kappa shape index (κ2) is 12.5. The number of rotatable bonds is 5. The minimum atomic E-state index is -0.144. The van der Waals surface area contributed by atoms with Crippen molar-refractivity contribution in [1.29, 1.82) is 5.26 Å². The van der Waals surface area contributed by atoms with Gasteiger partial charge in [-0.3, -0.25) is 4.57 Å².